The van der Waals surface area contributed by atoms with Crippen molar-refractivity contribution in [1.29, 1.82) is 0 Å². The first-order valence-corrected chi connectivity index (χ1v) is 8.80. The molecule has 2 aromatic carbocycles. The molecule has 136 valence electrons. The number of rotatable bonds is 7. The van der Waals surface area contributed by atoms with Crippen LogP contribution in [0.5, 0.6) is 0 Å². The first-order chi connectivity index (χ1) is 11.5. The second-order valence-electron chi connectivity index (χ2n) is 5.67. The summed E-state index contributed by atoms with van der Waals surface area (Å²) in [7, 11) is 1.81. The Hall–Kier alpha value is -1.26. The van der Waals surface area contributed by atoms with Gasteiger partial charge in [-0.1, -0.05) is 66.9 Å². The van der Waals surface area contributed by atoms with E-state index in [1.54, 1.807) is 6.07 Å². The van der Waals surface area contributed by atoms with Gasteiger partial charge in [-0.15, -0.1) is 12.4 Å². The molecule has 0 aromatic heterocycles. The zero-order valence-electron chi connectivity index (χ0n) is 14.3. The average molecular weight is 402 g/mol. The molecular formula is C19H23Cl3N2O. The molecule has 0 saturated carbocycles. The van der Waals surface area contributed by atoms with Crippen LogP contribution in [0.1, 0.15) is 25.3 Å². The third kappa shape index (κ3) is 6.19. The van der Waals surface area contributed by atoms with Gasteiger partial charge in [-0.05, 0) is 42.3 Å². The first-order valence-electron chi connectivity index (χ1n) is 8.04. The topological polar surface area (TPSA) is 41.1 Å². The van der Waals surface area contributed by atoms with Crippen LogP contribution in [0.3, 0.4) is 0 Å². The quantitative estimate of drug-likeness (QED) is 0.678. The Bertz CT molecular complexity index is 690. The van der Waals surface area contributed by atoms with Crippen LogP contribution in [0.4, 0.5) is 0 Å². The maximum absolute atomic E-state index is 12.1. The molecular weight excluding hydrogens is 379 g/mol. The van der Waals surface area contributed by atoms with Gasteiger partial charge < -0.3 is 10.6 Å². The summed E-state index contributed by atoms with van der Waals surface area (Å²) in [4.78, 5) is 12.1. The molecule has 0 unspecified atom stereocenters. The molecule has 0 aliphatic heterocycles. The number of benzene rings is 2. The summed E-state index contributed by atoms with van der Waals surface area (Å²) < 4.78 is 0. The van der Waals surface area contributed by atoms with E-state index < -0.39 is 0 Å². The van der Waals surface area contributed by atoms with Crippen molar-refractivity contribution in [3.8, 4) is 11.1 Å². The zero-order chi connectivity index (χ0) is 17.5. The number of nitrogens with one attached hydrogen (secondary N) is 2. The molecule has 0 bridgehead atoms. The fourth-order valence-corrected chi connectivity index (χ4v) is 2.80. The highest BCUT2D eigenvalue weighted by Gasteiger charge is 2.14. The van der Waals surface area contributed by atoms with E-state index in [2.05, 4.69) is 17.6 Å². The molecule has 1 amide bonds. The van der Waals surface area contributed by atoms with Crippen molar-refractivity contribution in [3.05, 3.63) is 58.1 Å². The lowest BCUT2D eigenvalue weighted by Crippen LogP contribution is -2.42. The van der Waals surface area contributed by atoms with Crippen molar-refractivity contribution < 1.29 is 4.79 Å². The summed E-state index contributed by atoms with van der Waals surface area (Å²) in [5.74, 6) is 0.0351. The Morgan fingerprint density at radius 3 is 2.24 bits per heavy atom. The Balaban J connectivity index is 0.00000312. The van der Waals surface area contributed by atoms with Crippen molar-refractivity contribution in [3.63, 3.8) is 0 Å². The second-order valence-corrected chi connectivity index (χ2v) is 6.49. The van der Waals surface area contributed by atoms with Crippen molar-refractivity contribution in [2.24, 2.45) is 0 Å². The smallest absolute Gasteiger partial charge is 0.237 e. The van der Waals surface area contributed by atoms with Gasteiger partial charge in [0.15, 0.2) is 0 Å². The average Bonchev–Trinajstić information content (AvgIpc) is 2.60. The summed E-state index contributed by atoms with van der Waals surface area (Å²) in [6.07, 6.45) is 1.80. The predicted octanol–water partition coefficient (Wildman–Crippen LogP) is 5.09. The molecule has 0 spiro atoms. The predicted molar refractivity (Wildman–Crippen MR) is 109 cm³/mol. The summed E-state index contributed by atoms with van der Waals surface area (Å²) >= 11 is 12.0. The van der Waals surface area contributed by atoms with Crippen LogP contribution in [-0.4, -0.2) is 19.0 Å². The van der Waals surface area contributed by atoms with Crippen LogP contribution in [0.25, 0.3) is 11.1 Å². The largest absolute Gasteiger partial charge is 0.351 e. The number of halogens is 3. The van der Waals surface area contributed by atoms with Crippen molar-refractivity contribution in [1.82, 2.24) is 10.6 Å². The number of likely N-dealkylation sites (N-methyl/N-ethyl adjacent to an activating group) is 1. The van der Waals surface area contributed by atoms with Crippen molar-refractivity contribution >= 4 is 41.5 Å². The molecule has 0 aliphatic carbocycles. The van der Waals surface area contributed by atoms with E-state index in [0.717, 1.165) is 29.5 Å². The molecule has 0 aliphatic rings. The van der Waals surface area contributed by atoms with E-state index in [0.29, 0.717) is 16.6 Å². The Morgan fingerprint density at radius 1 is 1.04 bits per heavy atom. The molecule has 0 heterocycles. The summed E-state index contributed by atoms with van der Waals surface area (Å²) in [6, 6.07) is 13.5. The minimum atomic E-state index is -0.134. The molecule has 6 heteroatoms. The van der Waals surface area contributed by atoms with Crippen LogP contribution in [0.15, 0.2) is 42.5 Å². The van der Waals surface area contributed by atoms with Gasteiger partial charge in [-0.2, -0.15) is 0 Å². The Kier molecular flexibility index (Phi) is 9.30. The Labute approximate surface area is 165 Å². The molecule has 0 saturated heterocycles. The summed E-state index contributed by atoms with van der Waals surface area (Å²) in [5, 5.41) is 7.10. The Morgan fingerprint density at radius 2 is 1.68 bits per heavy atom. The third-order valence-corrected chi connectivity index (χ3v) is 4.65. The standard InChI is InChI=1S/C19H22Cl2N2O.ClH/c1-3-4-18(22-2)19(24)23-12-13-5-7-14(8-6-13)15-9-10-16(20)17(21)11-15;/h5-11,18,22H,3-4,12H2,1-2H3,(H,23,24);1H/t18-;/m0./s1. The third-order valence-electron chi connectivity index (χ3n) is 3.92. The van der Waals surface area contributed by atoms with Crippen LogP contribution < -0.4 is 10.6 Å². The van der Waals surface area contributed by atoms with E-state index in [-0.39, 0.29) is 24.4 Å². The van der Waals surface area contributed by atoms with Crippen LogP contribution in [-0.2, 0) is 11.3 Å². The van der Waals surface area contributed by atoms with E-state index >= 15 is 0 Å². The van der Waals surface area contributed by atoms with Gasteiger partial charge in [-0.3, -0.25) is 4.79 Å². The molecule has 3 nitrogen and oxygen atoms in total. The van der Waals surface area contributed by atoms with Crippen LogP contribution in [0.2, 0.25) is 10.0 Å². The van der Waals surface area contributed by atoms with Crippen LogP contribution in [0, 0.1) is 0 Å². The van der Waals surface area contributed by atoms with E-state index in [4.69, 9.17) is 23.2 Å². The molecule has 25 heavy (non-hydrogen) atoms. The minimum absolute atomic E-state index is 0. The molecule has 2 rings (SSSR count). The van der Waals surface area contributed by atoms with E-state index in [9.17, 15) is 4.79 Å². The van der Waals surface area contributed by atoms with E-state index in [1.165, 1.54) is 0 Å². The van der Waals surface area contributed by atoms with Crippen LogP contribution >= 0.6 is 35.6 Å². The van der Waals surface area contributed by atoms with Gasteiger partial charge in [-0.25, -0.2) is 0 Å². The van der Waals surface area contributed by atoms with Gasteiger partial charge in [0.2, 0.25) is 5.91 Å². The highest BCUT2D eigenvalue weighted by molar-refractivity contribution is 6.42. The SMILES string of the molecule is CCC[C@H](NC)C(=O)NCc1ccc(-c2ccc(Cl)c(Cl)c2)cc1.Cl. The fraction of sp³-hybridized carbons (Fsp3) is 0.316. The normalized spacial score (nSPS) is 11.5. The first kappa shape index (κ1) is 21.8. The number of amides is 1. The number of hydrogen-bond donors (Lipinski definition) is 2. The lowest BCUT2D eigenvalue weighted by Gasteiger charge is -2.15. The van der Waals surface area contributed by atoms with Gasteiger partial charge in [0.05, 0.1) is 16.1 Å². The molecule has 2 aromatic rings. The molecule has 1 atom stereocenters. The molecule has 2 N–H and O–H groups in total. The van der Waals surface area contributed by atoms with Gasteiger partial charge in [0, 0.05) is 6.54 Å². The highest BCUT2D eigenvalue weighted by Crippen LogP contribution is 2.28. The maximum Gasteiger partial charge on any atom is 0.237 e. The van der Waals surface area contributed by atoms with Gasteiger partial charge in [0.25, 0.3) is 0 Å². The van der Waals surface area contributed by atoms with Crippen molar-refractivity contribution in [2.45, 2.75) is 32.4 Å². The fourth-order valence-electron chi connectivity index (χ4n) is 2.50. The maximum atomic E-state index is 12.1. The lowest BCUT2D eigenvalue weighted by molar-refractivity contribution is -0.123. The summed E-state index contributed by atoms with van der Waals surface area (Å²) in [5.41, 5.74) is 3.12. The second kappa shape index (κ2) is 10.7. The van der Waals surface area contributed by atoms with Gasteiger partial charge >= 0.3 is 0 Å². The zero-order valence-corrected chi connectivity index (χ0v) is 16.6. The monoisotopic (exact) mass is 400 g/mol. The number of carbonyl (C=O) groups excluding carboxylic acids is 1. The molecule has 0 fully saturated rings. The number of hydrogen-bond acceptors (Lipinski definition) is 2. The molecule has 0 radical (unpaired) electrons. The number of carbonyl (C=O) groups is 1. The minimum Gasteiger partial charge on any atom is -0.351 e. The lowest BCUT2D eigenvalue weighted by atomic mass is 10.0. The highest BCUT2D eigenvalue weighted by atomic mass is 35.5. The van der Waals surface area contributed by atoms with E-state index in [1.807, 2.05) is 43.4 Å². The summed E-state index contributed by atoms with van der Waals surface area (Å²) in [6.45, 7) is 2.59. The van der Waals surface area contributed by atoms with Gasteiger partial charge in [0.1, 0.15) is 0 Å². The van der Waals surface area contributed by atoms with Crippen molar-refractivity contribution in [2.75, 3.05) is 7.05 Å².